The van der Waals surface area contributed by atoms with E-state index in [9.17, 15) is 4.79 Å². The lowest BCUT2D eigenvalue weighted by molar-refractivity contribution is -0.142. The van der Waals surface area contributed by atoms with Gasteiger partial charge in [0.1, 0.15) is 0 Å². The molecule has 0 saturated carbocycles. The zero-order valence-electron chi connectivity index (χ0n) is 13.6. The summed E-state index contributed by atoms with van der Waals surface area (Å²) in [5, 5.41) is 8.94. The predicted octanol–water partition coefficient (Wildman–Crippen LogP) is 5.96. The Bertz CT molecular complexity index is 246. The summed E-state index contributed by atoms with van der Waals surface area (Å²) in [6.45, 7) is 4.21. The smallest absolute Gasteiger partial charge is 0.306 e. The first-order chi connectivity index (χ1) is 9.72. The lowest BCUT2D eigenvalue weighted by atomic mass is 9.98. The maximum absolute atomic E-state index is 10.9. The molecule has 0 fully saturated rings. The molecule has 118 valence electrons. The molecule has 1 N–H and O–H groups in total. The molecule has 0 aliphatic carbocycles. The van der Waals surface area contributed by atoms with Gasteiger partial charge in [0.15, 0.2) is 0 Å². The summed E-state index contributed by atoms with van der Waals surface area (Å²) in [6.07, 6.45) is 18.8. The van der Waals surface area contributed by atoms with E-state index in [1.54, 1.807) is 0 Å². The molecule has 0 aliphatic rings. The van der Waals surface area contributed by atoms with Gasteiger partial charge in [-0.3, -0.25) is 4.79 Å². The summed E-state index contributed by atoms with van der Waals surface area (Å²) in [7, 11) is 0. The Kier molecular flexibility index (Phi) is 14.0. The molecule has 0 aliphatic heterocycles. The van der Waals surface area contributed by atoms with Gasteiger partial charge in [0.2, 0.25) is 0 Å². The minimum atomic E-state index is -0.626. The molecular formula is C18H34O2. The number of allylic oxidation sites excluding steroid dienone is 2. The van der Waals surface area contributed by atoms with Gasteiger partial charge in [0.05, 0.1) is 5.92 Å². The molecule has 1 atom stereocenters. The maximum atomic E-state index is 10.9. The first kappa shape index (κ1) is 19.2. The van der Waals surface area contributed by atoms with Crippen molar-refractivity contribution in [2.75, 3.05) is 0 Å². The molecule has 0 aromatic rings. The Morgan fingerprint density at radius 3 is 1.95 bits per heavy atom. The van der Waals surface area contributed by atoms with Crippen LogP contribution in [0.3, 0.4) is 0 Å². The molecule has 0 saturated heterocycles. The fraction of sp³-hybridized carbons (Fsp3) is 0.833. The molecule has 20 heavy (non-hydrogen) atoms. The van der Waals surface area contributed by atoms with Crippen molar-refractivity contribution in [1.29, 1.82) is 0 Å². The average Bonchev–Trinajstić information content (AvgIpc) is 2.43. The first-order valence-corrected chi connectivity index (χ1v) is 8.60. The zero-order valence-corrected chi connectivity index (χ0v) is 13.6. The van der Waals surface area contributed by atoms with Crippen molar-refractivity contribution in [3.63, 3.8) is 0 Å². The highest BCUT2D eigenvalue weighted by Crippen LogP contribution is 2.15. The van der Waals surface area contributed by atoms with E-state index in [1.165, 1.54) is 57.8 Å². The molecule has 0 spiro atoms. The second kappa shape index (κ2) is 14.6. The summed E-state index contributed by atoms with van der Waals surface area (Å²) in [5.41, 5.74) is 0. The van der Waals surface area contributed by atoms with Crippen LogP contribution in [0.5, 0.6) is 0 Å². The lowest BCUT2D eigenvalue weighted by Gasteiger charge is -2.08. The SMILES string of the molecule is CCCCCC/C=C/CCCCCCC(CC)C(=O)O. The number of aliphatic carboxylic acids is 1. The van der Waals surface area contributed by atoms with Crippen molar-refractivity contribution >= 4 is 5.97 Å². The Morgan fingerprint density at radius 2 is 1.45 bits per heavy atom. The van der Waals surface area contributed by atoms with E-state index in [0.29, 0.717) is 0 Å². The molecule has 2 nitrogen and oxygen atoms in total. The minimum absolute atomic E-state index is 0.127. The van der Waals surface area contributed by atoms with Gasteiger partial charge in [0, 0.05) is 0 Å². The number of rotatable bonds is 14. The molecule has 0 aromatic heterocycles. The van der Waals surface area contributed by atoms with E-state index < -0.39 is 5.97 Å². The Balaban J connectivity index is 3.27. The van der Waals surface area contributed by atoms with Crippen molar-refractivity contribution in [2.45, 2.75) is 90.9 Å². The molecule has 0 amide bonds. The van der Waals surface area contributed by atoms with Gasteiger partial charge in [0.25, 0.3) is 0 Å². The van der Waals surface area contributed by atoms with Gasteiger partial charge in [-0.1, -0.05) is 64.5 Å². The van der Waals surface area contributed by atoms with Crippen LogP contribution in [-0.2, 0) is 4.79 Å². The van der Waals surface area contributed by atoms with E-state index >= 15 is 0 Å². The third-order valence-corrected chi connectivity index (χ3v) is 3.91. The van der Waals surface area contributed by atoms with E-state index in [4.69, 9.17) is 5.11 Å². The number of carbonyl (C=O) groups is 1. The molecule has 0 radical (unpaired) electrons. The Hall–Kier alpha value is -0.790. The van der Waals surface area contributed by atoms with Crippen molar-refractivity contribution in [3.8, 4) is 0 Å². The fourth-order valence-electron chi connectivity index (χ4n) is 2.43. The molecule has 0 heterocycles. The third kappa shape index (κ3) is 12.3. The molecule has 0 rings (SSSR count). The van der Waals surface area contributed by atoms with Crippen LogP contribution in [0.15, 0.2) is 12.2 Å². The maximum Gasteiger partial charge on any atom is 0.306 e. The average molecular weight is 282 g/mol. The van der Waals surface area contributed by atoms with E-state index in [0.717, 1.165) is 19.3 Å². The second-order valence-corrected chi connectivity index (χ2v) is 5.76. The van der Waals surface area contributed by atoms with Crippen LogP contribution in [0.2, 0.25) is 0 Å². The molecule has 0 bridgehead atoms. The van der Waals surface area contributed by atoms with Crippen molar-refractivity contribution < 1.29 is 9.90 Å². The van der Waals surface area contributed by atoms with Crippen molar-refractivity contribution in [1.82, 2.24) is 0 Å². The van der Waals surface area contributed by atoms with Crippen LogP contribution in [0.25, 0.3) is 0 Å². The molecule has 0 aromatic carbocycles. The minimum Gasteiger partial charge on any atom is -0.481 e. The number of unbranched alkanes of at least 4 members (excludes halogenated alkanes) is 8. The highest BCUT2D eigenvalue weighted by Gasteiger charge is 2.13. The number of hydrogen-bond acceptors (Lipinski definition) is 1. The van der Waals surface area contributed by atoms with Gasteiger partial charge < -0.3 is 5.11 Å². The van der Waals surface area contributed by atoms with Crippen LogP contribution >= 0.6 is 0 Å². The van der Waals surface area contributed by atoms with Gasteiger partial charge in [-0.15, -0.1) is 0 Å². The second-order valence-electron chi connectivity index (χ2n) is 5.76. The summed E-state index contributed by atoms with van der Waals surface area (Å²) >= 11 is 0. The highest BCUT2D eigenvalue weighted by molar-refractivity contribution is 5.69. The van der Waals surface area contributed by atoms with Gasteiger partial charge in [-0.25, -0.2) is 0 Å². The van der Waals surface area contributed by atoms with E-state index in [2.05, 4.69) is 19.1 Å². The van der Waals surface area contributed by atoms with Gasteiger partial charge in [-0.2, -0.15) is 0 Å². The predicted molar refractivity (Wildman–Crippen MR) is 87.0 cm³/mol. The normalized spacial score (nSPS) is 12.9. The van der Waals surface area contributed by atoms with Crippen LogP contribution in [0, 0.1) is 5.92 Å². The lowest BCUT2D eigenvalue weighted by Crippen LogP contribution is -2.12. The highest BCUT2D eigenvalue weighted by atomic mass is 16.4. The van der Waals surface area contributed by atoms with Crippen LogP contribution < -0.4 is 0 Å². The summed E-state index contributed by atoms with van der Waals surface area (Å²) in [5.74, 6) is -0.753. The topological polar surface area (TPSA) is 37.3 Å². The number of carboxylic acids is 1. The summed E-state index contributed by atoms with van der Waals surface area (Å²) in [4.78, 5) is 10.9. The first-order valence-electron chi connectivity index (χ1n) is 8.60. The largest absolute Gasteiger partial charge is 0.481 e. The Labute approximate surface area is 125 Å². The third-order valence-electron chi connectivity index (χ3n) is 3.91. The van der Waals surface area contributed by atoms with E-state index in [-0.39, 0.29) is 5.92 Å². The molecule has 1 unspecified atom stereocenters. The fourth-order valence-corrected chi connectivity index (χ4v) is 2.43. The van der Waals surface area contributed by atoms with Gasteiger partial charge >= 0.3 is 5.97 Å². The summed E-state index contributed by atoms with van der Waals surface area (Å²) in [6, 6.07) is 0. The molecular weight excluding hydrogens is 248 g/mol. The van der Waals surface area contributed by atoms with Crippen LogP contribution in [-0.4, -0.2) is 11.1 Å². The van der Waals surface area contributed by atoms with Crippen molar-refractivity contribution in [3.05, 3.63) is 12.2 Å². The standard InChI is InChI=1S/C18H34O2/c1-3-5-6-7-8-9-10-11-12-13-14-15-16-17(4-2)18(19)20/h9-10,17H,3-8,11-16H2,1-2H3,(H,19,20)/b10-9+. The monoisotopic (exact) mass is 282 g/mol. The Morgan fingerprint density at radius 1 is 0.900 bits per heavy atom. The summed E-state index contributed by atoms with van der Waals surface area (Å²) < 4.78 is 0. The van der Waals surface area contributed by atoms with Crippen LogP contribution in [0.1, 0.15) is 90.9 Å². The van der Waals surface area contributed by atoms with Crippen molar-refractivity contribution in [2.24, 2.45) is 5.92 Å². The number of carboxylic acid groups (broad SMARTS) is 1. The van der Waals surface area contributed by atoms with E-state index in [1.807, 2.05) is 6.92 Å². The quantitative estimate of drug-likeness (QED) is 0.315. The van der Waals surface area contributed by atoms with Crippen LogP contribution in [0.4, 0.5) is 0 Å². The zero-order chi connectivity index (χ0) is 15.1. The number of hydrogen-bond donors (Lipinski definition) is 1. The van der Waals surface area contributed by atoms with Gasteiger partial charge in [-0.05, 0) is 38.5 Å². The molecule has 2 heteroatoms.